The maximum absolute atomic E-state index is 13.4. The first-order valence-electron chi connectivity index (χ1n) is 20.8. The van der Waals surface area contributed by atoms with Gasteiger partial charge in [-0.2, -0.15) is 0 Å². The number of imide groups is 1. The average molecular weight is 834 g/mol. The molecule has 3 amide bonds. The lowest BCUT2D eigenvalue weighted by Crippen LogP contribution is -2.45. The van der Waals surface area contributed by atoms with E-state index in [9.17, 15) is 23.6 Å². The Morgan fingerprint density at radius 1 is 0.871 bits per heavy atom. The summed E-state index contributed by atoms with van der Waals surface area (Å²) in [7, 11) is 1.71. The third kappa shape index (κ3) is 7.46. The molecule has 3 atom stereocenters. The third-order valence-electron chi connectivity index (χ3n) is 12.1. The third-order valence-corrected chi connectivity index (χ3v) is 12.1. The number of carbonyl (C=O) groups excluding carboxylic acids is 3. The molecule has 16 heteroatoms. The summed E-state index contributed by atoms with van der Waals surface area (Å²) in [6.07, 6.45) is 3.23. The average Bonchev–Trinajstić information content (AvgIpc) is 3.68. The maximum Gasteiger partial charge on any atom is 0.329 e. The molecule has 2 saturated heterocycles. The fourth-order valence-corrected chi connectivity index (χ4v) is 8.55. The Bertz CT molecular complexity index is 2950. The van der Waals surface area contributed by atoms with Crippen molar-refractivity contribution in [2.24, 2.45) is 7.05 Å². The van der Waals surface area contributed by atoms with Crippen molar-refractivity contribution in [1.29, 1.82) is 0 Å². The molecule has 2 aliphatic heterocycles. The van der Waals surface area contributed by atoms with Crippen LogP contribution in [0.15, 0.2) is 102 Å². The lowest BCUT2D eigenvalue weighted by molar-refractivity contribution is -0.135. The monoisotopic (exact) mass is 833 g/mol. The van der Waals surface area contributed by atoms with Crippen LogP contribution in [0.4, 0.5) is 21.6 Å². The zero-order valence-electron chi connectivity index (χ0n) is 34.2. The number of aromatic nitrogens is 6. The van der Waals surface area contributed by atoms with Gasteiger partial charge in [0.25, 0.3) is 5.91 Å². The molecule has 0 spiro atoms. The molecule has 15 nitrogen and oxygen atoms in total. The highest BCUT2D eigenvalue weighted by molar-refractivity contribution is 6.00. The molecule has 4 aromatic heterocycles. The number of anilines is 3. The molecule has 3 fully saturated rings. The van der Waals surface area contributed by atoms with Gasteiger partial charge in [-0.25, -0.2) is 18.7 Å². The molecule has 1 saturated carbocycles. The van der Waals surface area contributed by atoms with Crippen molar-refractivity contribution in [3.63, 3.8) is 0 Å². The summed E-state index contributed by atoms with van der Waals surface area (Å²) in [5.41, 5.74) is 9.65. The summed E-state index contributed by atoms with van der Waals surface area (Å²) in [5.74, 6) is -0.616. The van der Waals surface area contributed by atoms with Crippen LogP contribution in [0.2, 0.25) is 0 Å². The number of amides is 3. The van der Waals surface area contributed by atoms with Crippen LogP contribution < -0.4 is 26.5 Å². The van der Waals surface area contributed by atoms with Gasteiger partial charge in [-0.15, -0.1) is 5.10 Å². The number of fused-ring (bicyclic) bond motifs is 2. The number of piperidine rings is 1. The number of hydrogen-bond donors (Lipinski definition) is 3. The van der Waals surface area contributed by atoms with E-state index in [0.29, 0.717) is 29.8 Å². The van der Waals surface area contributed by atoms with Gasteiger partial charge in [-0.1, -0.05) is 36.4 Å². The number of halogens is 1. The van der Waals surface area contributed by atoms with Gasteiger partial charge in [0.15, 0.2) is 17.2 Å². The van der Waals surface area contributed by atoms with Crippen LogP contribution in [-0.4, -0.2) is 89.7 Å². The van der Waals surface area contributed by atoms with Crippen molar-refractivity contribution in [1.82, 2.24) is 44.2 Å². The Labute approximate surface area is 355 Å². The maximum atomic E-state index is 13.4. The number of hydrogen-bond acceptors (Lipinski definition) is 10. The van der Waals surface area contributed by atoms with E-state index in [0.717, 1.165) is 83.1 Å². The fraction of sp³-hybridized carbons (Fsp3) is 0.283. The van der Waals surface area contributed by atoms with E-state index in [4.69, 9.17) is 4.98 Å². The first-order valence-corrected chi connectivity index (χ1v) is 20.8. The Balaban J connectivity index is 0.750. The van der Waals surface area contributed by atoms with Crippen molar-refractivity contribution in [2.75, 3.05) is 36.4 Å². The van der Waals surface area contributed by atoms with E-state index in [-0.39, 0.29) is 23.7 Å². The largest absolute Gasteiger partial charge is 0.369 e. The van der Waals surface area contributed by atoms with Crippen molar-refractivity contribution < 1.29 is 18.8 Å². The second-order valence-corrected chi connectivity index (χ2v) is 16.4. The minimum absolute atomic E-state index is 0.201. The van der Waals surface area contributed by atoms with Crippen molar-refractivity contribution >= 4 is 51.6 Å². The quantitative estimate of drug-likeness (QED) is 0.154. The van der Waals surface area contributed by atoms with Gasteiger partial charge in [-0.3, -0.25) is 38.7 Å². The molecular weight excluding hydrogens is 790 g/mol. The van der Waals surface area contributed by atoms with Crippen molar-refractivity contribution in [3.8, 4) is 22.4 Å². The van der Waals surface area contributed by atoms with Crippen LogP contribution in [0.5, 0.6) is 0 Å². The standard InChI is InChI=1S/C46H44FN11O4/c1-27-20-41(53-58-40(25-49-43(27)58)45(61)51-36-23-34(36)47)50-32-5-3-4-31(21-32)35-12-6-28(24-48-35)26-55-16-18-56(19-17-55)33-10-7-29(8-11-33)30-9-13-37-39(22-30)54(2)46(62)57(37)38-14-15-42(59)52-44(38)60/h3-13,20-22,24-25,34,36,38H,14-19,23,26H2,1-2H3,(H,50,53)(H,51,61)(H,52,59,60)/t34-,36+,38?/m0/s1. The predicted molar refractivity (Wildman–Crippen MR) is 233 cm³/mol. The molecule has 314 valence electrons. The Morgan fingerprint density at radius 3 is 2.40 bits per heavy atom. The Hall–Kier alpha value is -7.20. The van der Waals surface area contributed by atoms with Crippen LogP contribution in [0.3, 0.4) is 0 Å². The van der Waals surface area contributed by atoms with Gasteiger partial charge in [0.2, 0.25) is 11.8 Å². The summed E-state index contributed by atoms with van der Waals surface area (Å²) >= 11 is 0. The minimum Gasteiger partial charge on any atom is -0.369 e. The molecule has 3 aliphatic rings. The molecular formula is C46H44FN11O4. The van der Waals surface area contributed by atoms with Gasteiger partial charge >= 0.3 is 5.69 Å². The van der Waals surface area contributed by atoms with Gasteiger partial charge in [0, 0.05) is 75.7 Å². The summed E-state index contributed by atoms with van der Waals surface area (Å²) in [6.45, 7) is 6.31. The predicted octanol–water partition coefficient (Wildman–Crippen LogP) is 5.30. The molecule has 0 bridgehead atoms. The lowest BCUT2D eigenvalue weighted by Gasteiger charge is -2.36. The molecule has 10 rings (SSSR count). The Kier molecular flexibility index (Phi) is 9.86. The highest BCUT2D eigenvalue weighted by atomic mass is 19.1. The fourth-order valence-electron chi connectivity index (χ4n) is 8.55. The number of piperazine rings is 1. The highest BCUT2D eigenvalue weighted by Gasteiger charge is 2.39. The number of carbonyl (C=O) groups is 3. The van der Waals surface area contributed by atoms with E-state index in [1.54, 1.807) is 11.6 Å². The number of nitrogens with one attached hydrogen (secondary N) is 3. The van der Waals surface area contributed by atoms with Crippen LogP contribution in [-0.2, 0) is 23.2 Å². The first-order chi connectivity index (χ1) is 30.1. The first kappa shape index (κ1) is 39.0. The van der Waals surface area contributed by atoms with Crippen molar-refractivity contribution in [3.05, 3.63) is 125 Å². The van der Waals surface area contributed by atoms with Gasteiger partial charge in [0.05, 0.1) is 29.0 Å². The van der Waals surface area contributed by atoms with E-state index < -0.39 is 30.1 Å². The zero-order chi connectivity index (χ0) is 42.6. The van der Waals surface area contributed by atoms with Gasteiger partial charge < -0.3 is 15.5 Å². The minimum atomic E-state index is -1.00. The van der Waals surface area contributed by atoms with Gasteiger partial charge in [-0.05, 0) is 84.1 Å². The summed E-state index contributed by atoms with van der Waals surface area (Å²) < 4.78 is 18.0. The van der Waals surface area contributed by atoms with E-state index in [1.807, 2.05) is 67.7 Å². The lowest BCUT2D eigenvalue weighted by atomic mass is 10.0. The summed E-state index contributed by atoms with van der Waals surface area (Å²) in [4.78, 5) is 64.4. The Morgan fingerprint density at radius 2 is 1.66 bits per heavy atom. The highest BCUT2D eigenvalue weighted by Crippen LogP contribution is 2.30. The van der Waals surface area contributed by atoms with Crippen LogP contribution in [0, 0.1) is 6.92 Å². The summed E-state index contributed by atoms with van der Waals surface area (Å²) in [6, 6.07) is 27.1. The number of benzene rings is 3. The number of imidazole rings is 2. The normalized spacial score (nSPS) is 19.2. The topological polar surface area (TPSA) is 164 Å². The molecule has 7 aromatic rings. The second-order valence-electron chi connectivity index (χ2n) is 16.4. The SMILES string of the molecule is Cc1cc(Nc2cccc(-c3ccc(CN4CCN(c5ccc(-c6ccc7c(c6)n(C)c(=O)n7C6CCC(=O)NC6=O)cc5)CC4)cn3)c2)nn2c(C(=O)N[C@@H]3C[C@@H]3F)cnc12. The van der Waals surface area contributed by atoms with Crippen molar-refractivity contribution in [2.45, 2.75) is 51.0 Å². The van der Waals surface area contributed by atoms with E-state index >= 15 is 0 Å². The van der Waals surface area contributed by atoms with Crippen LogP contribution >= 0.6 is 0 Å². The molecule has 0 radical (unpaired) electrons. The molecule has 3 N–H and O–H groups in total. The molecule has 6 heterocycles. The molecule has 1 aliphatic carbocycles. The van der Waals surface area contributed by atoms with E-state index in [2.05, 4.69) is 66.2 Å². The zero-order valence-corrected chi connectivity index (χ0v) is 34.2. The molecule has 1 unspecified atom stereocenters. The number of nitrogens with zero attached hydrogens (tertiary/aromatic N) is 8. The number of alkyl halides is 1. The number of pyridine rings is 1. The summed E-state index contributed by atoms with van der Waals surface area (Å²) in [5, 5.41) is 13.1. The van der Waals surface area contributed by atoms with Gasteiger partial charge in [0.1, 0.15) is 12.2 Å². The smallest absolute Gasteiger partial charge is 0.329 e. The van der Waals surface area contributed by atoms with Crippen LogP contribution in [0.1, 0.15) is 46.9 Å². The van der Waals surface area contributed by atoms with Crippen LogP contribution in [0.25, 0.3) is 39.1 Å². The molecule has 3 aromatic carbocycles. The number of rotatable bonds is 10. The van der Waals surface area contributed by atoms with E-state index in [1.165, 1.54) is 15.3 Å². The number of aryl methyl sites for hydroxylation is 2. The molecule has 62 heavy (non-hydrogen) atoms. The second kappa shape index (κ2) is 15.7.